The molecule has 0 radical (unpaired) electrons. The van der Waals surface area contributed by atoms with Crippen molar-refractivity contribution in [1.82, 2.24) is 9.78 Å². The Morgan fingerprint density at radius 3 is 3.00 bits per heavy atom. The second kappa shape index (κ2) is 4.59. The SMILES string of the molecule is CCc1cc(-c2ccsc2)nn1CCO. The van der Waals surface area contributed by atoms with Crippen LogP contribution in [-0.2, 0) is 13.0 Å². The number of thiophene rings is 1. The average Bonchev–Trinajstić information content (AvgIpc) is 2.84. The molecular weight excluding hydrogens is 208 g/mol. The molecule has 80 valence electrons. The molecule has 4 heteroatoms. The minimum Gasteiger partial charge on any atom is -0.394 e. The van der Waals surface area contributed by atoms with E-state index in [1.807, 2.05) is 10.1 Å². The standard InChI is InChI=1S/C11H14N2OS/c1-2-10-7-11(9-3-6-15-8-9)12-13(10)4-5-14/h3,6-8,14H,2,4-5H2,1H3. The predicted molar refractivity (Wildman–Crippen MR) is 62.0 cm³/mol. The first-order chi connectivity index (χ1) is 7.35. The van der Waals surface area contributed by atoms with Crippen LogP contribution in [0, 0.1) is 0 Å². The molecule has 0 aromatic carbocycles. The zero-order valence-corrected chi connectivity index (χ0v) is 9.50. The van der Waals surface area contributed by atoms with Crippen molar-refractivity contribution in [3.8, 4) is 11.3 Å². The minimum absolute atomic E-state index is 0.137. The highest BCUT2D eigenvalue weighted by Crippen LogP contribution is 2.21. The summed E-state index contributed by atoms with van der Waals surface area (Å²) in [7, 11) is 0. The molecule has 2 aromatic heterocycles. The van der Waals surface area contributed by atoms with Gasteiger partial charge in [0.05, 0.1) is 18.8 Å². The van der Waals surface area contributed by atoms with Gasteiger partial charge >= 0.3 is 0 Å². The van der Waals surface area contributed by atoms with E-state index >= 15 is 0 Å². The summed E-state index contributed by atoms with van der Waals surface area (Å²) in [5, 5.41) is 17.5. The number of aliphatic hydroxyl groups excluding tert-OH is 1. The minimum atomic E-state index is 0.137. The molecular formula is C11H14N2OS. The van der Waals surface area contributed by atoms with Gasteiger partial charge in [0.15, 0.2) is 0 Å². The van der Waals surface area contributed by atoms with Crippen LogP contribution in [0.2, 0.25) is 0 Å². The lowest BCUT2D eigenvalue weighted by molar-refractivity contribution is 0.267. The maximum absolute atomic E-state index is 8.92. The molecule has 2 rings (SSSR count). The molecule has 0 aliphatic heterocycles. The number of aromatic nitrogens is 2. The fourth-order valence-corrected chi connectivity index (χ4v) is 2.23. The number of aliphatic hydroxyl groups is 1. The van der Waals surface area contributed by atoms with Crippen LogP contribution in [0.25, 0.3) is 11.3 Å². The van der Waals surface area contributed by atoms with Gasteiger partial charge in [-0.3, -0.25) is 4.68 Å². The van der Waals surface area contributed by atoms with E-state index in [-0.39, 0.29) is 6.61 Å². The molecule has 1 N–H and O–H groups in total. The molecule has 0 unspecified atom stereocenters. The first-order valence-corrected chi connectivity index (χ1v) is 5.99. The Morgan fingerprint density at radius 1 is 1.53 bits per heavy atom. The molecule has 3 nitrogen and oxygen atoms in total. The lowest BCUT2D eigenvalue weighted by atomic mass is 10.2. The smallest absolute Gasteiger partial charge is 0.0934 e. The Labute approximate surface area is 93.0 Å². The molecule has 0 fully saturated rings. The summed E-state index contributed by atoms with van der Waals surface area (Å²) < 4.78 is 1.88. The number of aryl methyl sites for hydroxylation is 1. The van der Waals surface area contributed by atoms with Crippen molar-refractivity contribution < 1.29 is 5.11 Å². The van der Waals surface area contributed by atoms with Crippen molar-refractivity contribution in [1.29, 1.82) is 0 Å². The second-order valence-electron chi connectivity index (χ2n) is 3.33. The van der Waals surface area contributed by atoms with Crippen molar-refractivity contribution in [3.63, 3.8) is 0 Å². The highest BCUT2D eigenvalue weighted by molar-refractivity contribution is 7.08. The topological polar surface area (TPSA) is 38.0 Å². The van der Waals surface area contributed by atoms with Gasteiger partial charge < -0.3 is 5.11 Å². The Hall–Kier alpha value is -1.13. The summed E-state index contributed by atoms with van der Waals surface area (Å²) >= 11 is 1.67. The van der Waals surface area contributed by atoms with Gasteiger partial charge in [-0.15, -0.1) is 0 Å². The molecule has 0 saturated heterocycles. The molecule has 0 bridgehead atoms. The zero-order valence-electron chi connectivity index (χ0n) is 8.68. The van der Waals surface area contributed by atoms with Crippen LogP contribution >= 0.6 is 11.3 Å². The lowest BCUT2D eigenvalue weighted by Gasteiger charge is -2.01. The van der Waals surface area contributed by atoms with Crippen LogP contribution in [0.1, 0.15) is 12.6 Å². The van der Waals surface area contributed by atoms with Gasteiger partial charge in [-0.1, -0.05) is 6.92 Å². The maximum Gasteiger partial charge on any atom is 0.0934 e. The summed E-state index contributed by atoms with van der Waals surface area (Å²) in [6.45, 7) is 2.81. The first-order valence-electron chi connectivity index (χ1n) is 5.05. The van der Waals surface area contributed by atoms with Gasteiger partial charge in [-0.05, 0) is 23.9 Å². The Morgan fingerprint density at radius 2 is 2.40 bits per heavy atom. The molecule has 0 amide bonds. The average molecular weight is 222 g/mol. The van der Waals surface area contributed by atoms with E-state index in [1.165, 1.54) is 5.69 Å². The number of hydrogen-bond acceptors (Lipinski definition) is 3. The first kappa shape index (κ1) is 10.4. The predicted octanol–water partition coefficient (Wildman–Crippen LogP) is 2.17. The van der Waals surface area contributed by atoms with E-state index in [2.05, 4.69) is 29.5 Å². The highest BCUT2D eigenvalue weighted by atomic mass is 32.1. The van der Waals surface area contributed by atoms with Gasteiger partial charge in [0.1, 0.15) is 0 Å². The van der Waals surface area contributed by atoms with E-state index in [4.69, 9.17) is 5.11 Å². The van der Waals surface area contributed by atoms with Gasteiger partial charge in [-0.2, -0.15) is 16.4 Å². The third-order valence-corrected chi connectivity index (χ3v) is 3.04. The van der Waals surface area contributed by atoms with Gasteiger partial charge in [0.2, 0.25) is 0 Å². The molecule has 2 aromatic rings. The van der Waals surface area contributed by atoms with Crippen LogP contribution in [-0.4, -0.2) is 21.5 Å². The summed E-state index contributed by atoms with van der Waals surface area (Å²) in [6.07, 6.45) is 0.942. The Balaban J connectivity index is 2.34. The molecule has 0 spiro atoms. The van der Waals surface area contributed by atoms with E-state index in [9.17, 15) is 0 Å². The van der Waals surface area contributed by atoms with Crippen molar-refractivity contribution in [2.75, 3.05) is 6.61 Å². The third-order valence-electron chi connectivity index (χ3n) is 2.35. The molecule has 0 aliphatic rings. The van der Waals surface area contributed by atoms with E-state index in [0.717, 1.165) is 17.7 Å². The van der Waals surface area contributed by atoms with Crippen LogP contribution in [0.15, 0.2) is 22.9 Å². The van der Waals surface area contributed by atoms with Crippen LogP contribution in [0.5, 0.6) is 0 Å². The molecule has 0 saturated carbocycles. The Kier molecular flexibility index (Phi) is 3.18. The fraction of sp³-hybridized carbons (Fsp3) is 0.364. The van der Waals surface area contributed by atoms with Gasteiger partial charge in [-0.25, -0.2) is 0 Å². The number of nitrogens with zero attached hydrogens (tertiary/aromatic N) is 2. The monoisotopic (exact) mass is 222 g/mol. The van der Waals surface area contributed by atoms with E-state index in [0.29, 0.717) is 6.54 Å². The Bertz CT molecular complexity index is 420. The molecule has 0 aliphatic carbocycles. The largest absolute Gasteiger partial charge is 0.394 e. The lowest BCUT2D eigenvalue weighted by Crippen LogP contribution is -2.07. The number of hydrogen-bond donors (Lipinski definition) is 1. The fourth-order valence-electron chi connectivity index (χ4n) is 1.58. The summed E-state index contributed by atoms with van der Waals surface area (Å²) in [5.74, 6) is 0. The van der Waals surface area contributed by atoms with Crippen LogP contribution in [0.4, 0.5) is 0 Å². The summed E-state index contributed by atoms with van der Waals surface area (Å²) in [5.41, 5.74) is 3.33. The number of rotatable bonds is 4. The quantitative estimate of drug-likeness (QED) is 0.861. The van der Waals surface area contributed by atoms with Crippen molar-refractivity contribution in [3.05, 3.63) is 28.6 Å². The van der Waals surface area contributed by atoms with Crippen molar-refractivity contribution >= 4 is 11.3 Å². The highest BCUT2D eigenvalue weighted by Gasteiger charge is 2.07. The molecule has 15 heavy (non-hydrogen) atoms. The summed E-state index contributed by atoms with van der Waals surface area (Å²) in [6, 6.07) is 4.16. The van der Waals surface area contributed by atoms with Gasteiger partial charge in [0, 0.05) is 16.6 Å². The van der Waals surface area contributed by atoms with Crippen molar-refractivity contribution in [2.24, 2.45) is 0 Å². The molecule has 0 atom stereocenters. The van der Waals surface area contributed by atoms with Gasteiger partial charge in [0.25, 0.3) is 0 Å². The van der Waals surface area contributed by atoms with Crippen LogP contribution in [0.3, 0.4) is 0 Å². The van der Waals surface area contributed by atoms with E-state index in [1.54, 1.807) is 11.3 Å². The zero-order chi connectivity index (χ0) is 10.7. The van der Waals surface area contributed by atoms with E-state index < -0.39 is 0 Å². The summed E-state index contributed by atoms with van der Waals surface area (Å²) in [4.78, 5) is 0. The second-order valence-corrected chi connectivity index (χ2v) is 4.11. The third kappa shape index (κ3) is 2.11. The van der Waals surface area contributed by atoms with Crippen LogP contribution < -0.4 is 0 Å². The normalized spacial score (nSPS) is 10.8. The van der Waals surface area contributed by atoms with Crippen molar-refractivity contribution in [2.45, 2.75) is 19.9 Å². The maximum atomic E-state index is 8.92. The molecule has 2 heterocycles.